The molecule has 0 aliphatic rings. The van der Waals surface area contributed by atoms with Crippen LogP contribution in [0.1, 0.15) is 19.4 Å². The standard InChI is InChI=1S/C12H17ClFNO3S2/c1-12(2,19-3)7-15-20(17,18)9-4-8(6-16)11(13)10(14)5-9/h4-5,15-16H,6-7H2,1-3H3. The number of halogens is 2. The van der Waals surface area contributed by atoms with E-state index in [1.807, 2.05) is 20.1 Å². The molecule has 0 heterocycles. The lowest BCUT2D eigenvalue weighted by Gasteiger charge is -2.22. The van der Waals surface area contributed by atoms with E-state index >= 15 is 0 Å². The molecule has 0 fully saturated rings. The molecule has 0 aliphatic heterocycles. The van der Waals surface area contributed by atoms with Crippen LogP contribution in [0.25, 0.3) is 0 Å². The largest absolute Gasteiger partial charge is 0.392 e. The van der Waals surface area contributed by atoms with E-state index in [2.05, 4.69) is 4.72 Å². The molecule has 0 bridgehead atoms. The molecule has 1 aromatic carbocycles. The minimum Gasteiger partial charge on any atom is -0.392 e. The first kappa shape index (κ1) is 17.7. The number of aliphatic hydroxyl groups is 1. The smallest absolute Gasteiger partial charge is 0.240 e. The van der Waals surface area contributed by atoms with E-state index in [0.717, 1.165) is 6.07 Å². The van der Waals surface area contributed by atoms with Crippen molar-refractivity contribution in [3.8, 4) is 0 Å². The van der Waals surface area contributed by atoms with Gasteiger partial charge in [-0.2, -0.15) is 11.8 Å². The fourth-order valence-corrected chi connectivity index (χ4v) is 3.06. The maximum Gasteiger partial charge on any atom is 0.240 e. The predicted molar refractivity (Wildman–Crippen MR) is 80.1 cm³/mol. The molecule has 0 aliphatic carbocycles. The van der Waals surface area contributed by atoms with E-state index < -0.39 is 22.4 Å². The normalized spacial score (nSPS) is 12.7. The molecule has 0 radical (unpaired) electrons. The van der Waals surface area contributed by atoms with Crippen LogP contribution in [0.15, 0.2) is 17.0 Å². The lowest BCUT2D eigenvalue weighted by Crippen LogP contribution is -2.36. The van der Waals surface area contributed by atoms with Crippen molar-refractivity contribution in [3.05, 3.63) is 28.5 Å². The minimum atomic E-state index is -3.85. The fraction of sp³-hybridized carbons (Fsp3) is 0.500. The first-order chi connectivity index (χ1) is 9.13. The molecule has 8 heteroatoms. The first-order valence-corrected chi connectivity index (χ1v) is 8.85. The van der Waals surface area contributed by atoms with Gasteiger partial charge in [-0.25, -0.2) is 17.5 Å². The van der Waals surface area contributed by atoms with Gasteiger partial charge in [0.2, 0.25) is 10.0 Å². The summed E-state index contributed by atoms with van der Waals surface area (Å²) in [5.41, 5.74) is 0.0381. The van der Waals surface area contributed by atoms with Crippen molar-refractivity contribution >= 4 is 33.4 Å². The summed E-state index contributed by atoms with van der Waals surface area (Å²) in [6.45, 7) is 3.45. The van der Waals surface area contributed by atoms with Crippen LogP contribution >= 0.6 is 23.4 Å². The fourth-order valence-electron chi connectivity index (χ4n) is 1.31. The van der Waals surface area contributed by atoms with Crippen molar-refractivity contribution < 1.29 is 17.9 Å². The molecule has 0 unspecified atom stereocenters. The average Bonchev–Trinajstić information content (AvgIpc) is 2.39. The second kappa shape index (κ2) is 6.62. The Morgan fingerprint density at radius 1 is 1.45 bits per heavy atom. The van der Waals surface area contributed by atoms with Crippen LogP contribution in [0, 0.1) is 5.82 Å². The van der Waals surface area contributed by atoms with E-state index in [1.54, 1.807) is 0 Å². The van der Waals surface area contributed by atoms with E-state index in [-0.39, 0.29) is 26.8 Å². The van der Waals surface area contributed by atoms with E-state index in [1.165, 1.54) is 17.8 Å². The zero-order valence-electron chi connectivity index (χ0n) is 11.4. The van der Waals surface area contributed by atoms with Crippen molar-refractivity contribution in [1.29, 1.82) is 0 Å². The molecule has 0 saturated carbocycles. The first-order valence-electron chi connectivity index (χ1n) is 5.76. The van der Waals surface area contributed by atoms with Gasteiger partial charge in [0.25, 0.3) is 0 Å². The molecule has 0 amide bonds. The summed E-state index contributed by atoms with van der Waals surface area (Å²) in [4.78, 5) is -0.250. The van der Waals surface area contributed by atoms with Gasteiger partial charge in [-0.05, 0) is 32.2 Å². The van der Waals surface area contributed by atoms with Gasteiger partial charge in [-0.15, -0.1) is 0 Å². The van der Waals surface area contributed by atoms with Crippen molar-refractivity contribution in [2.24, 2.45) is 0 Å². The van der Waals surface area contributed by atoms with E-state index in [9.17, 15) is 12.8 Å². The quantitative estimate of drug-likeness (QED) is 0.833. The topological polar surface area (TPSA) is 66.4 Å². The number of benzene rings is 1. The maximum absolute atomic E-state index is 13.6. The number of hydrogen-bond donors (Lipinski definition) is 2. The highest BCUT2D eigenvalue weighted by atomic mass is 35.5. The third-order valence-corrected chi connectivity index (χ3v) is 5.85. The Morgan fingerprint density at radius 2 is 2.05 bits per heavy atom. The van der Waals surface area contributed by atoms with Gasteiger partial charge in [-0.3, -0.25) is 0 Å². The van der Waals surface area contributed by atoms with Crippen LogP contribution in [0.3, 0.4) is 0 Å². The van der Waals surface area contributed by atoms with Gasteiger partial charge >= 0.3 is 0 Å². The molecule has 114 valence electrons. The van der Waals surface area contributed by atoms with Crippen LogP contribution in [-0.2, 0) is 16.6 Å². The number of sulfonamides is 1. The maximum atomic E-state index is 13.6. The van der Waals surface area contributed by atoms with Gasteiger partial charge in [0.05, 0.1) is 16.5 Å². The van der Waals surface area contributed by atoms with Gasteiger partial charge in [0, 0.05) is 16.9 Å². The lowest BCUT2D eigenvalue weighted by molar-refractivity contribution is 0.281. The highest BCUT2D eigenvalue weighted by Gasteiger charge is 2.23. The van der Waals surface area contributed by atoms with Gasteiger partial charge in [0.15, 0.2) is 0 Å². The SMILES string of the molecule is CSC(C)(C)CNS(=O)(=O)c1cc(F)c(Cl)c(CO)c1. The van der Waals surface area contributed by atoms with Crippen molar-refractivity contribution in [2.45, 2.75) is 30.1 Å². The third-order valence-electron chi connectivity index (χ3n) is 2.80. The molecule has 1 rings (SSSR count). The molecular formula is C12H17ClFNO3S2. The van der Waals surface area contributed by atoms with Gasteiger partial charge in [0.1, 0.15) is 5.82 Å². The molecular weight excluding hydrogens is 325 g/mol. The number of aliphatic hydroxyl groups excluding tert-OH is 1. The molecule has 20 heavy (non-hydrogen) atoms. The number of hydrogen-bond acceptors (Lipinski definition) is 4. The summed E-state index contributed by atoms with van der Waals surface area (Å²) < 4.78 is 39.9. The summed E-state index contributed by atoms with van der Waals surface area (Å²) in [6, 6.07) is 2.01. The number of thioether (sulfide) groups is 1. The third kappa shape index (κ3) is 4.33. The summed E-state index contributed by atoms with van der Waals surface area (Å²) in [5.74, 6) is -0.872. The van der Waals surface area contributed by atoms with Crippen LogP contribution in [-0.4, -0.2) is 31.1 Å². The molecule has 0 aromatic heterocycles. The summed E-state index contributed by atoms with van der Waals surface area (Å²) in [6.07, 6.45) is 1.88. The molecule has 2 N–H and O–H groups in total. The average molecular weight is 342 g/mol. The lowest BCUT2D eigenvalue weighted by atomic mass is 10.2. The highest BCUT2D eigenvalue weighted by molar-refractivity contribution is 8.00. The second-order valence-electron chi connectivity index (χ2n) is 4.82. The van der Waals surface area contributed by atoms with Crippen LogP contribution in [0.2, 0.25) is 5.02 Å². The Hall–Kier alpha value is -0.340. The summed E-state index contributed by atoms with van der Waals surface area (Å²) >= 11 is 7.15. The highest BCUT2D eigenvalue weighted by Crippen LogP contribution is 2.25. The zero-order valence-corrected chi connectivity index (χ0v) is 13.8. The van der Waals surface area contributed by atoms with E-state index in [4.69, 9.17) is 16.7 Å². The second-order valence-corrected chi connectivity index (χ2v) is 8.48. The Labute approximate surface area is 127 Å². The molecule has 0 atom stereocenters. The minimum absolute atomic E-state index is 0.0381. The van der Waals surface area contributed by atoms with Crippen molar-refractivity contribution in [1.82, 2.24) is 4.72 Å². The predicted octanol–water partition coefficient (Wildman–Crippen LogP) is 2.39. The number of nitrogens with one attached hydrogen (secondary N) is 1. The van der Waals surface area contributed by atoms with Crippen LogP contribution in [0.5, 0.6) is 0 Å². The van der Waals surface area contributed by atoms with Crippen LogP contribution < -0.4 is 4.72 Å². The van der Waals surface area contributed by atoms with E-state index in [0.29, 0.717) is 0 Å². The Balaban J connectivity index is 3.07. The molecule has 1 aromatic rings. The molecule has 0 saturated heterocycles. The van der Waals surface area contributed by atoms with Crippen molar-refractivity contribution in [3.63, 3.8) is 0 Å². The Bertz CT molecular complexity index is 591. The van der Waals surface area contributed by atoms with Crippen molar-refractivity contribution in [2.75, 3.05) is 12.8 Å². The van der Waals surface area contributed by atoms with Gasteiger partial charge < -0.3 is 5.11 Å². The van der Waals surface area contributed by atoms with Gasteiger partial charge in [-0.1, -0.05) is 11.6 Å². The molecule has 0 spiro atoms. The Kier molecular flexibility index (Phi) is 5.86. The Morgan fingerprint density at radius 3 is 2.55 bits per heavy atom. The number of rotatable bonds is 6. The van der Waals surface area contributed by atoms with Crippen LogP contribution in [0.4, 0.5) is 4.39 Å². The zero-order chi connectivity index (χ0) is 15.6. The monoisotopic (exact) mass is 341 g/mol. The summed E-state index contributed by atoms with van der Waals surface area (Å²) in [5, 5.41) is 8.79. The molecule has 4 nitrogen and oxygen atoms in total. The summed E-state index contributed by atoms with van der Waals surface area (Å²) in [7, 11) is -3.85.